The lowest BCUT2D eigenvalue weighted by molar-refractivity contribution is 0.0564. The fourth-order valence-electron chi connectivity index (χ4n) is 0.910. The number of hydrogen-bond donors (Lipinski definition) is 0. The van der Waals surface area contributed by atoms with Gasteiger partial charge in [-0.15, -0.1) is 0 Å². The molecule has 0 amide bonds. The Labute approximate surface area is 74.6 Å². The Bertz CT molecular complexity index is 139. The molecule has 0 bridgehead atoms. The quantitative estimate of drug-likeness (QED) is 0.448. The smallest absolute Gasteiger partial charge is 0.104 e. The molecule has 1 saturated heterocycles. The number of allylic oxidation sites excluding steroid dienone is 1. The highest BCUT2D eigenvalue weighted by molar-refractivity contribution is 4.84. The van der Waals surface area contributed by atoms with Crippen molar-refractivity contribution in [2.45, 2.75) is 32.0 Å². The molecule has 0 aromatic rings. The van der Waals surface area contributed by atoms with E-state index in [0.717, 1.165) is 26.1 Å². The molecule has 69 valence electrons. The molecule has 1 rings (SSSR count). The van der Waals surface area contributed by atoms with Gasteiger partial charge in [-0.05, 0) is 26.7 Å². The predicted octanol–water partition coefficient (Wildman–Crippen LogP) is 1.96. The van der Waals surface area contributed by atoms with E-state index in [0.29, 0.717) is 12.2 Å². The second-order valence-electron chi connectivity index (χ2n) is 3.10. The molecular formula is C10H17O2. The van der Waals surface area contributed by atoms with Crippen LogP contribution in [0.4, 0.5) is 0 Å². The van der Waals surface area contributed by atoms with Crippen molar-refractivity contribution in [2.24, 2.45) is 0 Å². The van der Waals surface area contributed by atoms with E-state index >= 15 is 0 Å². The third kappa shape index (κ3) is 4.52. The molecule has 0 spiro atoms. The van der Waals surface area contributed by atoms with Gasteiger partial charge in [0, 0.05) is 0 Å². The molecule has 1 radical (unpaired) electrons. The van der Waals surface area contributed by atoms with E-state index in [1.54, 1.807) is 0 Å². The maximum absolute atomic E-state index is 5.52. The van der Waals surface area contributed by atoms with Crippen molar-refractivity contribution in [3.05, 3.63) is 19.1 Å². The fourth-order valence-corrected chi connectivity index (χ4v) is 0.910. The largest absolute Gasteiger partial charge is 0.375 e. The first-order valence-electron chi connectivity index (χ1n) is 4.50. The molecule has 0 saturated carbocycles. The van der Waals surface area contributed by atoms with Gasteiger partial charge in [-0.1, -0.05) is 12.2 Å². The second kappa shape index (κ2) is 5.33. The number of rotatable bonds is 6. The minimum atomic E-state index is 0.303. The first-order chi connectivity index (χ1) is 5.83. The molecule has 1 fully saturated rings. The van der Waals surface area contributed by atoms with Crippen LogP contribution in [0.3, 0.4) is 0 Å². The lowest BCUT2D eigenvalue weighted by Gasteiger charge is -2.08. The monoisotopic (exact) mass is 169 g/mol. The zero-order valence-electron chi connectivity index (χ0n) is 7.66. The van der Waals surface area contributed by atoms with Crippen LogP contribution in [0.1, 0.15) is 19.8 Å². The summed E-state index contributed by atoms with van der Waals surface area (Å²) in [6, 6.07) is 0. The van der Waals surface area contributed by atoms with Crippen LogP contribution in [0.5, 0.6) is 0 Å². The molecule has 0 aromatic carbocycles. The molecule has 1 heterocycles. The molecule has 2 atom stereocenters. The van der Waals surface area contributed by atoms with Crippen molar-refractivity contribution < 1.29 is 9.47 Å². The lowest BCUT2D eigenvalue weighted by atomic mass is 10.2. The zero-order valence-corrected chi connectivity index (χ0v) is 7.66. The molecule has 2 unspecified atom stereocenters. The Kier molecular flexibility index (Phi) is 4.33. The van der Waals surface area contributed by atoms with Gasteiger partial charge in [0.15, 0.2) is 0 Å². The van der Waals surface area contributed by atoms with Crippen LogP contribution in [0, 0.1) is 6.92 Å². The van der Waals surface area contributed by atoms with Gasteiger partial charge in [0.05, 0.1) is 19.3 Å². The highest BCUT2D eigenvalue weighted by Gasteiger charge is 2.22. The second-order valence-corrected chi connectivity index (χ2v) is 3.10. The van der Waals surface area contributed by atoms with E-state index < -0.39 is 0 Å². The van der Waals surface area contributed by atoms with Gasteiger partial charge in [-0.2, -0.15) is 0 Å². The summed E-state index contributed by atoms with van der Waals surface area (Å²) in [5, 5.41) is 0. The Balaban J connectivity index is 1.94. The maximum Gasteiger partial charge on any atom is 0.104 e. The van der Waals surface area contributed by atoms with Gasteiger partial charge in [0.1, 0.15) is 6.10 Å². The topological polar surface area (TPSA) is 21.8 Å². The van der Waals surface area contributed by atoms with Crippen molar-refractivity contribution >= 4 is 0 Å². The van der Waals surface area contributed by atoms with Crippen LogP contribution in [-0.2, 0) is 9.47 Å². The number of ether oxygens (including phenoxy) is 2. The van der Waals surface area contributed by atoms with Crippen LogP contribution >= 0.6 is 0 Å². The minimum Gasteiger partial charge on any atom is -0.375 e. The standard InChI is InChI=1S/C10H17O2/c1-3-4-5-6-9(2)11-7-10-8-12-10/h4-5,9-10H,1,3,6-8H2,2H3. The SMILES string of the molecule is [CH2]CC=CCC(C)OCC1CO1. The van der Waals surface area contributed by atoms with Gasteiger partial charge in [-0.3, -0.25) is 0 Å². The van der Waals surface area contributed by atoms with Crippen molar-refractivity contribution in [2.75, 3.05) is 13.2 Å². The van der Waals surface area contributed by atoms with Crippen molar-refractivity contribution in [1.82, 2.24) is 0 Å². The van der Waals surface area contributed by atoms with Crippen molar-refractivity contribution in [3.8, 4) is 0 Å². The minimum absolute atomic E-state index is 0.303. The van der Waals surface area contributed by atoms with Crippen LogP contribution in [0.25, 0.3) is 0 Å². The molecular weight excluding hydrogens is 152 g/mol. The maximum atomic E-state index is 5.52. The Morgan fingerprint density at radius 3 is 3.00 bits per heavy atom. The first kappa shape index (κ1) is 9.75. The van der Waals surface area contributed by atoms with Crippen molar-refractivity contribution in [3.63, 3.8) is 0 Å². The van der Waals surface area contributed by atoms with Crippen molar-refractivity contribution in [1.29, 1.82) is 0 Å². The molecule has 0 aliphatic carbocycles. The number of hydrogen-bond acceptors (Lipinski definition) is 2. The lowest BCUT2D eigenvalue weighted by Crippen LogP contribution is -2.11. The van der Waals surface area contributed by atoms with Crippen LogP contribution in [0.2, 0.25) is 0 Å². The van der Waals surface area contributed by atoms with Gasteiger partial charge >= 0.3 is 0 Å². The molecule has 1 aliphatic rings. The summed E-state index contributed by atoms with van der Waals surface area (Å²) >= 11 is 0. The van der Waals surface area contributed by atoms with E-state index in [2.05, 4.69) is 26.0 Å². The van der Waals surface area contributed by atoms with Crippen LogP contribution in [0.15, 0.2) is 12.2 Å². The van der Waals surface area contributed by atoms with E-state index in [1.165, 1.54) is 0 Å². The Hall–Kier alpha value is -0.340. The Morgan fingerprint density at radius 1 is 1.67 bits per heavy atom. The number of epoxide rings is 1. The Morgan fingerprint density at radius 2 is 2.42 bits per heavy atom. The average molecular weight is 169 g/mol. The van der Waals surface area contributed by atoms with E-state index in [1.807, 2.05) is 0 Å². The zero-order chi connectivity index (χ0) is 8.81. The van der Waals surface area contributed by atoms with Gasteiger partial charge in [-0.25, -0.2) is 0 Å². The molecule has 2 heteroatoms. The third-order valence-corrected chi connectivity index (χ3v) is 1.77. The van der Waals surface area contributed by atoms with Crippen LogP contribution < -0.4 is 0 Å². The van der Waals surface area contributed by atoms with Gasteiger partial charge in [0.25, 0.3) is 0 Å². The fraction of sp³-hybridized carbons (Fsp3) is 0.700. The molecule has 2 nitrogen and oxygen atoms in total. The van der Waals surface area contributed by atoms with Gasteiger partial charge < -0.3 is 9.47 Å². The van der Waals surface area contributed by atoms with Crippen LogP contribution in [-0.4, -0.2) is 25.4 Å². The van der Waals surface area contributed by atoms with E-state index in [-0.39, 0.29) is 0 Å². The third-order valence-electron chi connectivity index (χ3n) is 1.77. The molecule has 0 N–H and O–H groups in total. The average Bonchev–Trinajstić information content (AvgIpc) is 2.84. The van der Waals surface area contributed by atoms with E-state index in [9.17, 15) is 0 Å². The highest BCUT2D eigenvalue weighted by Crippen LogP contribution is 2.10. The summed E-state index contributed by atoms with van der Waals surface area (Å²) in [6.07, 6.45) is 6.70. The molecule has 1 aliphatic heterocycles. The molecule has 0 aromatic heterocycles. The summed E-state index contributed by atoms with van der Waals surface area (Å²) < 4.78 is 10.5. The highest BCUT2D eigenvalue weighted by atomic mass is 16.6. The van der Waals surface area contributed by atoms with E-state index in [4.69, 9.17) is 9.47 Å². The predicted molar refractivity (Wildman–Crippen MR) is 48.9 cm³/mol. The summed E-state index contributed by atoms with van der Waals surface area (Å²) in [7, 11) is 0. The first-order valence-corrected chi connectivity index (χ1v) is 4.50. The summed E-state index contributed by atoms with van der Waals surface area (Å²) in [5.74, 6) is 0. The molecule has 12 heavy (non-hydrogen) atoms. The summed E-state index contributed by atoms with van der Waals surface area (Å²) in [6.45, 7) is 7.42. The summed E-state index contributed by atoms with van der Waals surface area (Å²) in [4.78, 5) is 0. The normalized spacial score (nSPS) is 24.7. The van der Waals surface area contributed by atoms with Gasteiger partial charge in [0.2, 0.25) is 0 Å². The summed E-state index contributed by atoms with van der Waals surface area (Å²) in [5.41, 5.74) is 0.